The average Bonchev–Trinajstić information content (AvgIpc) is 3.16. The van der Waals surface area contributed by atoms with Crippen molar-refractivity contribution in [2.24, 2.45) is 0 Å². The van der Waals surface area contributed by atoms with Gasteiger partial charge in [0.1, 0.15) is 17.0 Å². The summed E-state index contributed by atoms with van der Waals surface area (Å²) in [6.45, 7) is 2.06. The van der Waals surface area contributed by atoms with Crippen LogP contribution in [-0.4, -0.2) is 27.2 Å². The van der Waals surface area contributed by atoms with Crippen LogP contribution in [0.5, 0.6) is 0 Å². The number of aliphatic hydroxyl groups is 1. The van der Waals surface area contributed by atoms with E-state index in [0.717, 1.165) is 36.3 Å². The minimum absolute atomic E-state index is 0.199. The van der Waals surface area contributed by atoms with Gasteiger partial charge in [-0.2, -0.15) is 0 Å². The molecule has 2 N–H and O–H groups in total. The zero-order chi connectivity index (χ0) is 16.5. The van der Waals surface area contributed by atoms with Gasteiger partial charge in [-0.25, -0.2) is 9.97 Å². The number of hydrogen-bond acceptors (Lipinski definition) is 5. The molecule has 2 atom stereocenters. The number of thiophene rings is 1. The average molecular weight is 346 g/mol. The van der Waals surface area contributed by atoms with Gasteiger partial charge in [0.2, 0.25) is 0 Å². The smallest absolute Gasteiger partial charge is 0.138 e. The summed E-state index contributed by atoms with van der Waals surface area (Å²) in [7, 11) is 0. The summed E-state index contributed by atoms with van der Waals surface area (Å²) >= 11 is 1.83. The van der Waals surface area contributed by atoms with Gasteiger partial charge >= 0.3 is 0 Å². The molecular formula is C19H27N3OS. The molecular weight excluding hydrogens is 318 g/mol. The highest BCUT2D eigenvalue weighted by molar-refractivity contribution is 7.19. The zero-order valence-electron chi connectivity index (χ0n) is 14.4. The Labute approximate surface area is 147 Å². The van der Waals surface area contributed by atoms with E-state index in [1.165, 1.54) is 47.9 Å². The predicted octanol–water partition coefficient (Wildman–Crippen LogP) is 4.63. The number of nitrogens with zero attached hydrogens (tertiary/aromatic N) is 2. The first-order valence-corrected chi connectivity index (χ1v) is 10.3. The van der Waals surface area contributed by atoms with Crippen LogP contribution < -0.4 is 5.32 Å². The van der Waals surface area contributed by atoms with E-state index in [0.29, 0.717) is 12.0 Å². The SMILES string of the molecule is CCC(O)C[C@H]1CCc2sc3ncnc(NC4CCCCC4)c3c21. The highest BCUT2D eigenvalue weighted by Crippen LogP contribution is 2.47. The van der Waals surface area contributed by atoms with E-state index < -0.39 is 0 Å². The molecule has 1 fully saturated rings. The van der Waals surface area contributed by atoms with E-state index in [-0.39, 0.29) is 6.10 Å². The molecule has 2 aliphatic rings. The maximum Gasteiger partial charge on any atom is 0.138 e. The summed E-state index contributed by atoms with van der Waals surface area (Å²) in [4.78, 5) is 11.7. The molecule has 4 nitrogen and oxygen atoms in total. The van der Waals surface area contributed by atoms with E-state index >= 15 is 0 Å². The van der Waals surface area contributed by atoms with Crippen molar-refractivity contribution >= 4 is 27.4 Å². The number of aryl methyl sites for hydroxylation is 1. The topological polar surface area (TPSA) is 58.0 Å². The van der Waals surface area contributed by atoms with Gasteiger partial charge in [0.15, 0.2) is 0 Å². The Bertz CT molecular complexity index is 708. The maximum atomic E-state index is 10.1. The van der Waals surface area contributed by atoms with Crippen LogP contribution in [0.15, 0.2) is 6.33 Å². The van der Waals surface area contributed by atoms with Crippen molar-refractivity contribution in [1.29, 1.82) is 0 Å². The molecule has 0 spiro atoms. The first-order chi connectivity index (χ1) is 11.8. The molecule has 0 radical (unpaired) electrons. The molecule has 0 aromatic carbocycles. The first kappa shape index (κ1) is 16.3. The van der Waals surface area contributed by atoms with Crippen LogP contribution in [0.3, 0.4) is 0 Å². The normalized spacial score (nSPS) is 22.7. The fraction of sp³-hybridized carbons (Fsp3) is 0.684. The number of fused-ring (bicyclic) bond motifs is 3. The van der Waals surface area contributed by atoms with E-state index in [2.05, 4.69) is 22.2 Å². The Hall–Kier alpha value is -1.20. The van der Waals surface area contributed by atoms with Crippen LogP contribution in [-0.2, 0) is 6.42 Å². The summed E-state index contributed by atoms with van der Waals surface area (Å²) in [6, 6.07) is 0.550. The summed E-state index contributed by atoms with van der Waals surface area (Å²) < 4.78 is 0. The van der Waals surface area contributed by atoms with E-state index in [1.807, 2.05) is 11.3 Å². The number of aromatic nitrogens is 2. The Morgan fingerprint density at radius 1 is 1.25 bits per heavy atom. The predicted molar refractivity (Wildman–Crippen MR) is 99.9 cm³/mol. The molecule has 2 heterocycles. The molecule has 2 aromatic rings. The Morgan fingerprint density at radius 3 is 2.88 bits per heavy atom. The van der Waals surface area contributed by atoms with Gasteiger partial charge in [0.05, 0.1) is 11.5 Å². The van der Waals surface area contributed by atoms with Gasteiger partial charge in [-0.1, -0.05) is 26.2 Å². The third-order valence-electron chi connectivity index (χ3n) is 5.70. The lowest BCUT2D eigenvalue weighted by molar-refractivity contribution is 0.151. The fourth-order valence-corrected chi connectivity index (χ4v) is 5.59. The molecule has 2 aromatic heterocycles. The lowest BCUT2D eigenvalue weighted by atomic mass is 9.93. The minimum Gasteiger partial charge on any atom is -0.393 e. The van der Waals surface area contributed by atoms with Crippen LogP contribution in [0.4, 0.5) is 5.82 Å². The molecule has 0 saturated heterocycles. The third kappa shape index (κ3) is 3.04. The summed E-state index contributed by atoms with van der Waals surface area (Å²) in [5.74, 6) is 1.49. The van der Waals surface area contributed by atoms with Gasteiger partial charge in [0, 0.05) is 10.9 Å². The molecule has 5 heteroatoms. The molecule has 130 valence electrons. The van der Waals surface area contributed by atoms with Crippen molar-refractivity contribution in [2.45, 2.75) is 82.8 Å². The van der Waals surface area contributed by atoms with Crippen LogP contribution in [0.25, 0.3) is 10.2 Å². The second-order valence-electron chi connectivity index (χ2n) is 7.35. The van der Waals surface area contributed by atoms with E-state index in [1.54, 1.807) is 6.33 Å². The number of aliphatic hydroxyl groups excluding tert-OH is 1. The van der Waals surface area contributed by atoms with Crippen molar-refractivity contribution < 1.29 is 5.11 Å². The molecule has 2 aliphatic carbocycles. The van der Waals surface area contributed by atoms with Gasteiger partial charge in [-0.15, -0.1) is 11.3 Å². The number of anilines is 1. The molecule has 0 bridgehead atoms. The minimum atomic E-state index is -0.199. The molecule has 1 unspecified atom stereocenters. The Balaban J connectivity index is 1.68. The van der Waals surface area contributed by atoms with Gasteiger partial charge < -0.3 is 10.4 Å². The van der Waals surface area contributed by atoms with Crippen molar-refractivity contribution in [3.63, 3.8) is 0 Å². The van der Waals surface area contributed by atoms with Gasteiger partial charge in [0.25, 0.3) is 0 Å². The van der Waals surface area contributed by atoms with Crippen LogP contribution >= 0.6 is 11.3 Å². The van der Waals surface area contributed by atoms with E-state index in [9.17, 15) is 5.11 Å². The largest absolute Gasteiger partial charge is 0.393 e. The standard InChI is InChI=1S/C19H27N3OS/c1-2-14(23)10-12-8-9-15-16(12)17-18(20-11-21-19(17)24-15)22-13-6-4-3-5-7-13/h11-14,23H,2-10H2,1H3,(H,20,21,22)/t12-,14?/m1/s1. The second-order valence-corrected chi connectivity index (χ2v) is 8.44. The van der Waals surface area contributed by atoms with E-state index in [4.69, 9.17) is 0 Å². The van der Waals surface area contributed by atoms with Gasteiger partial charge in [-0.05, 0) is 50.0 Å². The Morgan fingerprint density at radius 2 is 2.08 bits per heavy atom. The number of rotatable bonds is 5. The van der Waals surface area contributed by atoms with Crippen molar-refractivity contribution in [2.75, 3.05) is 5.32 Å². The quantitative estimate of drug-likeness (QED) is 0.830. The van der Waals surface area contributed by atoms with Crippen LogP contribution in [0, 0.1) is 0 Å². The molecule has 0 aliphatic heterocycles. The highest BCUT2D eigenvalue weighted by Gasteiger charge is 2.31. The number of hydrogen-bond donors (Lipinski definition) is 2. The monoisotopic (exact) mass is 345 g/mol. The molecule has 24 heavy (non-hydrogen) atoms. The summed E-state index contributed by atoms with van der Waals surface area (Å²) in [5, 5.41) is 15.1. The third-order valence-corrected chi connectivity index (χ3v) is 6.88. The van der Waals surface area contributed by atoms with Crippen molar-refractivity contribution in [3.05, 3.63) is 16.8 Å². The lowest BCUT2D eigenvalue weighted by Gasteiger charge is -2.24. The molecule has 0 amide bonds. The number of nitrogens with one attached hydrogen (secondary N) is 1. The van der Waals surface area contributed by atoms with Crippen molar-refractivity contribution in [1.82, 2.24) is 9.97 Å². The van der Waals surface area contributed by atoms with Crippen molar-refractivity contribution in [3.8, 4) is 0 Å². The Kier molecular flexibility index (Phi) is 4.72. The maximum absolute atomic E-state index is 10.1. The highest BCUT2D eigenvalue weighted by atomic mass is 32.1. The fourth-order valence-electron chi connectivity index (χ4n) is 4.35. The first-order valence-electron chi connectivity index (χ1n) is 9.47. The lowest BCUT2D eigenvalue weighted by Crippen LogP contribution is -2.23. The molecule has 1 saturated carbocycles. The second kappa shape index (κ2) is 6.96. The van der Waals surface area contributed by atoms with Gasteiger partial charge in [-0.3, -0.25) is 0 Å². The summed E-state index contributed by atoms with van der Waals surface area (Å²) in [5.41, 5.74) is 1.43. The van der Waals surface area contributed by atoms with Crippen LogP contribution in [0.2, 0.25) is 0 Å². The zero-order valence-corrected chi connectivity index (χ0v) is 15.2. The summed E-state index contributed by atoms with van der Waals surface area (Å²) in [6.07, 6.45) is 12.0. The molecule has 4 rings (SSSR count). The van der Waals surface area contributed by atoms with Crippen LogP contribution in [0.1, 0.15) is 74.6 Å².